The highest BCUT2D eigenvalue weighted by molar-refractivity contribution is 5.91. The minimum atomic E-state index is -1.08. The first kappa shape index (κ1) is 20.6. The standard InChI is InChI=1S/C23H17N3O6/c1-32-23(31)14-8-11-19(28)17(12-14)21-24-20(16-4-2-3-5-18(16)27)25-26(21)15-9-6-13(7-10-15)22(29)30/h2-12,27-28H,1H3,(H,29,30). The van der Waals surface area contributed by atoms with Crippen molar-refractivity contribution in [2.24, 2.45) is 0 Å². The van der Waals surface area contributed by atoms with E-state index in [1.54, 1.807) is 18.2 Å². The van der Waals surface area contributed by atoms with Crippen molar-refractivity contribution in [2.45, 2.75) is 0 Å². The van der Waals surface area contributed by atoms with E-state index in [0.717, 1.165) is 0 Å². The van der Waals surface area contributed by atoms with E-state index in [9.17, 15) is 19.8 Å². The maximum absolute atomic E-state index is 12.0. The third-order valence-electron chi connectivity index (χ3n) is 4.77. The number of carbonyl (C=O) groups is 2. The van der Waals surface area contributed by atoms with Crippen LogP contribution in [-0.4, -0.2) is 49.1 Å². The highest BCUT2D eigenvalue weighted by Crippen LogP contribution is 2.34. The number of carboxylic acids is 1. The van der Waals surface area contributed by atoms with Gasteiger partial charge < -0.3 is 20.1 Å². The largest absolute Gasteiger partial charge is 0.507 e. The topological polar surface area (TPSA) is 135 Å². The maximum atomic E-state index is 12.0. The summed E-state index contributed by atoms with van der Waals surface area (Å²) in [4.78, 5) is 27.7. The van der Waals surface area contributed by atoms with Gasteiger partial charge in [0.1, 0.15) is 11.5 Å². The lowest BCUT2D eigenvalue weighted by Gasteiger charge is -2.09. The first-order valence-corrected chi connectivity index (χ1v) is 9.40. The number of methoxy groups -OCH3 is 1. The van der Waals surface area contributed by atoms with Crippen LogP contribution in [0, 0.1) is 0 Å². The molecule has 9 nitrogen and oxygen atoms in total. The first-order valence-electron chi connectivity index (χ1n) is 9.40. The molecular weight excluding hydrogens is 414 g/mol. The van der Waals surface area contributed by atoms with Crippen molar-refractivity contribution in [3.05, 3.63) is 77.9 Å². The Morgan fingerprint density at radius 1 is 0.875 bits per heavy atom. The van der Waals surface area contributed by atoms with E-state index in [1.807, 2.05) is 0 Å². The summed E-state index contributed by atoms with van der Waals surface area (Å²) in [6, 6.07) is 16.6. The third-order valence-corrected chi connectivity index (χ3v) is 4.77. The van der Waals surface area contributed by atoms with Gasteiger partial charge in [-0.1, -0.05) is 12.1 Å². The van der Waals surface area contributed by atoms with Crippen molar-refractivity contribution < 1.29 is 29.6 Å². The van der Waals surface area contributed by atoms with Crippen LogP contribution in [-0.2, 0) is 4.74 Å². The predicted octanol–water partition coefficient (Wildman–Crippen LogP) is 3.50. The van der Waals surface area contributed by atoms with E-state index in [1.165, 1.54) is 60.3 Å². The Morgan fingerprint density at radius 3 is 2.19 bits per heavy atom. The van der Waals surface area contributed by atoms with Gasteiger partial charge in [-0.05, 0) is 54.6 Å². The van der Waals surface area contributed by atoms with Crippen molar-refractivity contribution in [1.29, 1.82) is 0 Å². The molecule has 0 fully saturated rings. The number of aromatic carboxylic acids is 1. The number of carboxylic acid groups (broad SMARTS) is 1. The van der Waals surface area contributed by atoms with Gasteiger partial charge >= 0.3 is 11.9 Å². The number of hydrogen-bond acceptors (Lipinski definition) is 7. The molecule has 3 N–H and O–H groups in total. The van der Waals surface area contributed by atoms with Crippen LogP contribution in [0.4, 0.5) is 0 Å². The van der Waals surface area contributed by atoms with Crippen molar-refractivity contribution in [2.75, 3.05) is 7.11 Å². The molecule has 0 saturated carbocycles. The highest BCUT2D eigenvalue weighted by atomic mass is 16.5. The number of rotatable bonds is 5. The number of carbonyl (C=O) groups excluding carboxylic acids is 1. The van der Waals surface area contributed by atoms with Crippen LogP contribution >= 0.6 is 0 Å². The van der Waals surface area contributed by atoms with E-state index in [2.05, 4.69) is 10.1 Å². The first-order chi connectivity index (χ1) is 15.4. The molecule has 9 heteroatoms. The van der Waals surface area contributed by atoms with Gasteiger partial charge in [-0.3, -0.25) is 0 Å². The summed E-state index contributed by atoms with van der Waals surface area (Å²) in [5.41, 5.74) is 1.30. The number of ether oxygens (including phenoxy) is 1. The zero-order valence-electron chi connectivity index (χ0n) is 16.8. The van der Waals surface area contributed by atoms with Crippen molar-refractivity contribution in [3.63, 3.8) is 0 Å². The summed E-state index contributed by atoms with van der Waals surface area (Å²) in [5.74, 6) is -1.52. The molecule has 0 bridgehead atoms. The quantitative estimate of drug-likeness (QED) is 0.409. The molecule has 1 heterocycles. The van der Waals surface area contributed by atoms with Gasteiger partial charge in [0, 0.05) is 0 Å². The van der Waals surface area contributed by atoms with Crippen LogP contribution < -0.4 is 0 Å². The molecule has 0 atom stereocenters. The van der Waals surface area contributed by atoms with E-state index >= 15 is 0 Å². The Hall–Kier alpha value is -4.66. The fourth-order valence-electron chi connectivity index (χ4n) is 3.15. The van der Waals surface area contributed by atoms with Crippen molar-refractivity contribution in [1.82, 2.24) is 14.8 Å². The van der Waals surface area contributed by atoms with E-state index < -0.39 is 11.9 Å². The summed E-state index contributed by atoms with van der Waals surface area (Å²) in [5, 5.41) is 34.4. The van der Waals surface area contributed by atoms with Crippen LogP contribution in [0.1, 0.15) is 20.7 Å². The summed E-state index contributed by atoms with van der Waals surface area (Å²) in [6.07, 6.45) is 0. The Balaban J connectivity index is 1.94. The molecule has 1 aromatic heterocycles. The fourth-order valence-corrected chi connectivity index (χ4v) is 3.15. The second-order valence-corrected chi connectivity index (χ2v) is 6.76. The van der Waals surface area contributed by atoms with Crippen LogP contribution in [0.5, 0.6) is 11.5 Å². The van der Waals surface area contributed by atoms with Gasteiger partial charge in [0.2, 0.25) is 0 Å². The van der Waals surface area contributed by atoms with E-state index in [-0.39, 0.29) is 39.8 Å². The van der Waals surface area contributed by atoms with Gasteiger partial charge in [0.15, 0.2) is 11.6 Å². The number of phenols is 2. The second kappa shape index (κ2) is 8.23. The lowest BCUT2D eigenvalue weighted by atomic mass is 10.1. The average Bonchev–Trinajstić information content (AvgIpc) is 3.24. The highest BCUT2D eigenvalue weighted by Gasteiger charge is 2.21. The number of aromatic nitrogens is 3. The molecule has 0 aliphatic rings. The van der Waals surface area contributed by atoms with Gasteiger partial charge in [0.05, 0.1) is 35.1 Å². The summed E-state index contributed by atoms with van der Waals surface area (Å²) < 4.78 is 6.15. The number of esters is 1. The fraction of sp³-hybridized carbons (Fsp3) is 0.0435. The van der Waals surface area contributed by atoms with Gasteiger partial charge in [-0.15, -0.1) is 5.10 Å². The minimum Gasteiger partial charge on any atom is -0.507 e. The zero-order chi connectivity index (χ0) is 22.8. The number of phenolic OH excluding ortho intramolecular Hbond substituents is 2. The van der Waals surface area contributed by atoms with Crippen molar-refractivity contribution in [3.8, 4) is 40.0 Å². The lowest BCUT2D eigenvalue weighted by Crippen LogP contribution is -2.04. The molecule has 32 heavy (non-hydrogen) atoms. The molecule has 3 aromatic carbocycles. The summed E-state index contributed by atoms with van der Waals surface area (Å²) in [6.45, 7) is 0. The normalized spacial score (nSPS) is 10.7. The number of para-hydroxylation sites is 1. The smallest absolute Gasteiger partial charge is 0.337 e. The molecule has 160 valence electrons. The Bertz CT molecular complexity index is 1330. The van der Waals surface area contributed by atoms with E-state index in [0.29, 0.717) is 11.3 Å². The monoisotopic (exact) mass is 431 g/mol. The van der Waals surface area contributed by atoms with Crippen molar-refractivity contribution >= 4 is 11.9 Å². The number of nitrogens with zero attached hydrogens (tertiary/aromatic N) is 3. The van der Waals surface area contributed by atoms with Gasteiger partial charge in [-0.25, -0.2) is 19.3 Å². The zero-order valence-corrected chi connectivity index (χ0v) is 16.8. The SMILES string of the molecule is COC(=O)c1ccc(O)c(-c2nc(-c3ccccc3O)nn2-c2ccc(C(=O)O)cc2)c1. The molecule has 0 aliphatic heterocycles. The molecule has 0 aliphatic carbocycles. The Morgan fingerprint density at radius 2 is 1.53 bits per heavy atom. The Kier molecular flexibility index (Phi) is 5.30. The molecule has 4 aromatic rings. The van der Waals surface area contributed by atoms with Gasteiger partial charge in [0.25, 0.3) is 0 Å². The number of benzene rings is 3. The minimum absolute atomic E-state index is 0.0371. The molecular formula is C23H17N3O6. The second-order valence-electron chi connectivity index (χ2n) is 6.76. The number of hydrogen-bond donors (Lipinski definition) is 3. The average molecular weight is 431 g/mol. The maximum Gasteiger partial charge on any atom is 0.337 e. The van der Waals surface area contributed by atoms with E-state index in [4.69, 9.17) is 9.84 Å². The molecule has 0 spiro atoms. The molecule has 0 amide bonds. The van der Waals surface area contributed by atoms with Crippen LogP contribution in [0.15, 0.2) is 66.7 Å². The van der Waals surface area contributed by atoms with Gasteiger partial charge in [-0.2, -0.15) is 0 Å². The Labute approximate surface area is 181 Å². The van der Waals surface area contributed by atoms with Crippen LogP contribution in [0.2, 0.25) is 0 Å². The summed E-state index contributed by atoms with van der Waals surface area (Å²) in [7, 11) is 1.25. The molecule has 0 radical (unpaired) electrons. The third kappa shape index (κ3) is 3.74. The predicted molar refractivity (Wildman–Crippen MR) is 114 cm³/mol. The molecule has 0 saturated heterocycles. The molecule has 0 unspecified atom stereocenters. The number of aromatic hydroxyl groups is 2. The van der Waals surface area contributed by atoms with Crippen LogP contribution in [0.25, 0.3) is 28.5 Å². The molecule has 4 rings (SSSR count). The van der Waals surface area contributed by atoms with Crippen LogP contribution in [0.3, 0.4) is 0 Å². The lowest BCUT2D eigenvalue weighted by molar-refractivity contribution is 0.0600. The summed E-state index contributed by atoms with van der Waals surface area (Å²) >= 11 is 0.